The molecule has 0 aliphatic carbocycles. The van der Waals surface area contributed by atoms with Crippen LogP contribution in [0.5, 0.6) is 46.0 Å². The Hall–Kier alpha value is -5.50. The van der Waals surface area contributed by atoms with Crippen LogP contribution in [0, 0.1) is 10.8 Å². The van der Waals surface area contributed by atoms with Crippen LogP contribution in [-0.2, 0) is 20.9 Å². The van der Waals surface area contributed by atoms with Gasteiger partial charge in [-0.3, -0.25) is 24.1 Å². The Morgan fingerprint density at radius 2 is 1.32 bits per heavy atom. The number of benzene rings is 3. The van der Waals surface area contributed by atoms with E-state index in [1.54, 1.807) is 86.0 Å². The van der Waals surface area contributed by atoms with Crippen molar-refractivity contribution in [2.75, 3.05) is 61.2 Å². The monoisotopic (exact) mass is 776 g/mol. The Labute approximate surface area is 327 Å². The molecule has 5 rings (SSSR count). The van der Waals surface area contributed by atoms with Crippen LogP contribution < -0.4 is 37.9 Å². The molecule has 3 aromatic rings. The van der Waals surface area contributed by atoms with Crippen molar-refractivity contribution in [2.45, 2.75) is 60.6 Å². The van der Waals surface area contributed by atoms with Crippen LogP contribution >= 0.6 is 0 Å². The van der Waals surface area contributed by atoms with Crippen molar-refractivity contribution in [1.29, 1.82) is 0 Å². The molecule has 3 aromatic carbocycles. The second kappa shape index (κ2) is 17.1. The van der Waals surface area contributed by atoms with Gasteiger partial charge in [0.2, 0.25) is 5.75 Å². The Balaban J connectivity index is 1.31. The summed E-state index contributed by atoms with van der Waals surface area (Å²) < 4.78 is 45.8. The number of fused-ring (bicyclic) bond motifs is 1. The molecular formula is C42H52N2O12. The lowest BCUT2D eigenvalue weighted by atomic mass is 9.94. The third-order valence-corrected chi connectivity index (χ3v) is 9.41. The summed E-state index contributed by atoms with van der Waals surface area (Å²) in [7, 11) is 6.19. The second-order valence-corrected chi connectivity index (χ2v) is 15.7. The minimum Gasteiger partial charge on any atom is -0.493 e. The molecule has 0 saturated carbocycles. The summed E-state index contributed by atoms with van der Waals surface area (Å²) in [6.45, 7) is 12.8. The molecule has 302 valence electrons. The minimum absolute atomic E-state index is 0.0259. The zero-order chi connectivity index (χ0) is 40.9. The summed E-state index contributed by atoms with van der Waals surface area (Å²) in [5.41, 5.74) is -0.0702. The van der Waals surface area contributed by atoms with Gasteiger partial charge in [-0.15, -0.1) is 0 Å². The maximum absolute atomic E-state index is 13.8. The molecule has 1 unspecified atom stereocenters. The Bertz CT molecular complexity index is 1950. The van der Waals surface area contributed by atoms with E-state index in [0.29, 0.717) is 61.3 Å². The summed E-state index contributed by atoms with van der Waals surface area (Å²) in [4.78, 5) is 56.9. The van der Waals surface area contributed by atoms with Crippen LogP contribution in [0.1, 0.15) is 75.6 Å². The number of Topliss-reactive ketones (excluding diaryl/α,β-unsaturated/α-hetero) is 1. The number of piperazine rings is 1. The highest BCUT2D eigenvalue weighted by Gasteiger charge is 2.35. The molecular weight excluding hydrogens is 724 g/mol. The van der Waals surface area contributed by atoms with Crippen molar-refractivity contribution in [3.63, 3.8) is 0 Å². The van der Waals surface area contributed by atoms with Gasteiger partial charge in [0.1, 0.15) is 28.9 Å². The smallest absolute Gasteiger partial charge is 0.316 e. The van der Waals surface area contributed by atoms with Gasteiger partial charge in [-0.25, -0.2) is 0 Å². The lowest BCUT2D eigenvalue weighted by molar-refractivity contribution is -0.143. The first-order chi connectivity index (χ1) is 26.5. The largest absolute Gasteiger partial charge is 0.493 e. The first kappa shape index (κ1) is 41.7. The molecule has 0 aromatic heterocycles. The lowest BCUT2D eigenvalue weighted by Crippen LogP contribution is -2.49. The average molecular weight is 777 g/mol. The zero-order valence-corrected chi connectivity index (χ0v) is 33.9. The minimum atomic E-state index is -0.877. The maximum atomic E-state index is 13.8. The molecule has 1 fully saturated rings. The number of hydrogen-bond acceptors (Lipinski definition) is 13. The van der Waals surface area contributed by atoms with E-state index < -0.39 is 28.9 Å². The quantitative estimate of drug-likeness (QED) is 0.155. The number of carbonyl (C=O) groups excluding carboxylic acids is 4. The molecule has 2 aliphatic heterocycles. The van der Waals surface area contributed by atoms with E-state index >= 15 is 0 Å². The summed E-state index contributed by atoms with van der Waals surface area (Å²) in [6.07, 6.45) is -0.874. The maximum Gasteiger partial charge on any atom is 0.316 e. The van der Waals surface area contributed by atoms with Gasteiger partial charge in [-0.1, -0.05) is 12.1 Å². The number of amides is 1. The van der Waals surface area contributed by atoms with E-state index in [4.69, 9.17) is 37.9 Å². The number of nitrogens with zero attached hydrogens (tertiary/aromatic N) is 2. The van der Waals surface area contributed by atoms with E-state index in [0.717, 1.165) is 5.56 Å². The van der Waals surface area contributed by atoms with Crippen molar-refractivity contribution >= 4 is 23.6 Å². The first-order valence-electron chi connectivity index (χ1n) is 18.4. The number of carbonyl (C=O) groups is 4. The molecule has 0 radical (unpaired) electrons. The molecule has 0 bridgehead atoms. The van der Waals surface area contributed by atoms with Gasteiger partial charge in [0.05, 0.1) is 45.7 Å². The highest BCUT2D eigenvalue weighted by Crippen LogP contribution is 2.45. The van der Waals surface area contributed by atoms with Gasteiger partial charge in [-0.2, -0.15) is 0 Å². The van der Waals surface area contributed by atoms with Crippen LogP contribution in [0.2, 0.25) is 0 Å². The fourth-order valence-corrected chi connectivity index (χ4v) is 6.15. The highest BCUT2D eigenvalue weighted by atomic mass is 16.6. The standard InChI is InChI=1S/C42H52N2O12/c1-41(2,3)39(47)55-32-19-25(11-13-29(32)49-7)31-22-28(45)36-33(54-31)20-27(21-34(36)56-40(48)42(4,5)6)53-24-35(46)44-17-15-43(16-18-44)23-26-12-14-30(50-8)38(52-10)37(26)51-9/h11-14,19-21,31H,15-18,22-24H2,1-10H3. The predicted molar refractivity (Wildman–Crippen MR) is 205 cm³/mol. The summed E-state index contributed by atoms with van der Waals surface area (Å²) in [6, 6.07) is 11.7. The van der Waals surface area contributed by atoms with Gasteiger partial charge in [0.15, 0.2) is 35.4 Å². The number of hydrogen-bond donors (Lipinski definition) is 0. The third-order valence-electron chi connectivity index (χ3n) is 9.41. The van der Waals surface area contributed by atoms with Crippen LogP contribution in [0.3, 0.4) is 0 Å². The van der Waals surface area contributed by atoms with Crippen molar-refractivity contribution in [3.05, 3.63) is 59.2 Å². The van der Waals surface area contributed by atoms with Crippen LogP contribution in [-0.4, -0.2) is 94.7 Å². The molecule has 0 N–H and O–H groups in total. The first-order valence-corrected chi connectivity index (χ1v) is 18.4. The lowest BCUT2D eigenvalue weighted by Gasteiger charge is -2.35. The molecule has 1 atom stereocenters. The van der Waals surface area contributed by atoms with E-state index in [9.17, 15) is 19.2 Å². The van der Waals surface area contributed by atoms with Crippen LogP contribution in [0.25, 0.3) is 0 Å². The number of ketones is 1. The zero-order valence-electron chi connectivity index (χ0n) is 33.9. The number of methoxy groups -OCH3 is 4. The molecule has 14 heteroatoms. The average Bonchev–Trinajstić information content (AvgIpc) is 3.15. The summed E-state index contributed by atoms with van der Waals surface area (Å²) in [5, 5.41) is 0. The number of rotatable bonds is 12. The van der Waals surface area contributed by atoms with Gasteiger partial charge < -0.3 is 42.8 Å². The normalized spacial score (nSPS) is 15.9. The Morgan fingerprint density at radius 1 is 0.714 bits per heavy atom. The topological polar surface area (TPSA) is 149 Å². The molecule has 1 saturated heterocycles. The SMILES string of the molecule is COc1ccc(C2CC(=O)c3c(OC(=O)C(C)(C)C)cc(OCC(=O)N4CCN(Cc5ccc(OC)c(OC)c5OC)CC4)cc3O2)cc1OC(=O)C(C)(C)C. The fraction of sp³-hybridized carbons (Fsp3) is 0.476. The summed E-state index contributed by atoms with van der Waals surface area (Å²) >= 11 is 0. The Morgan fingerprint density at radius 3 is 1.91 bits per heavy atom. The second-order valence-electron chi connectivity index (χ2n) is 15.7. The summed E-state index contributed by atoms with van der Waals surface area (Å²) in [5.74, 6) is 0.909. The van der Waals surface area contributed by atoms with Crippen molar-refractivity contribution in [1.82, 2.24) is 9.80 Å². The number of esters is 2. The van der Waals surface area contributed by atoms with Gasteiger partial charge in [0, 0.05) is 50.4 Å². The molecule has 2 aliphatic rings. The van der Waals surface area contributed by atoms with Crippen LogP contribution in [0.4, 0.5) is 0 Å². The van der Waals surface area contributed by atoms with Crippen molar-refractivity contribution in [3.8, 4) is 46.0 Å². The molecule has 56 heavy (non-hydrogen) atoms. The van der Waals surface area contributed by atoms with E-state index in [-0.39, 0.29) is 53.3 Å². The van der Waals surface area contributed by atoms with Crippen molar-refractivity contribution in [2.24, 2.45) is 10.8 Å². The van der Waals surface area contributed by atoms with Crippen molar-refractivity contribution < 1.29 is 57.1 Å². The van der Waals surface area contributed by atoms with Gasteiger partial charge in [0.25, 0.3) is 5.91 Å². The molecule has 2 heterocycles. The third kappa shape index (κ3) is 9.47. The van der Waals surface area contributed by atoms with E-state index in [1.807, 2.05) is 12.1 Å². The fourth-order valence-electron chi connectivity index (χ4n) is 6.15. The molecule has 14 nitrogen and oxygen atoms in total. The molecule has 1 amide bonds. The predicted octanol–water partition coefficient (Wildman–Crippen LogP) is 6.05. The molecule has 0 spiro atoms. The Kier molecular flexibility index (Phi) is 12.7. The van der Waals surface area contributed by atoms with E-state index in [2.05, 4.69) is 4.90 Å². The van der Waals surface area contributed by atoms with E-state index in [1.165, 1.54) is 19.2 Å². The number of ether oxygens (including phenoxy) is 8. The van der Waals surface area contributed by atoms with Gasteiger partial charge in [-0.05, 0) is 65.3 Å². The van der Waals surface area contributed by atoms with Crippen LogP contribution in [0.15, 0.2) is 42.5 Å². The van der Waals surface area contributed by atoms with Gasteiger partial charge >= 0.3 is 11.9 Å². The highest BCUT2D eigenvalue weighted by molar-refractivity contribution is 6.03.